The number of hydrogen-bond donors (Lipinski definition) is 1. The average Bonchev–Trinajstić information content (AvgIpc) is 2.96. The fourth-order valence-corrected chi connectivity index (χ4v) is 6.10. The van der Waals surface area contributed by atoms with Crippen molar-refractivity contribution in [3.8, 4) is 11.4 Å². The van der Waals surface area contributed by atoms with Gasteiger partial charge >= 0.3 is 12.3 Å². The predicted octanol–water partition coefficient (Wildman–Crippen LogP) is 2.33. The number of aryl methyl sites for hydroxylation is 1. The maximum absolute atomic E-state index is 13.1. The minimum absolute atomic E-state index is 0.0820. The van der Waals surface area contributed by atoms with Gasteiger partial charge in [0.05, 0.1) is 33.8 Å². The molecule has 11 heteroatoms. The monoisotopic (exact) mass is 465 g/mol. The van der Waals surface area contributed by atoms with Crippen molar-refractivity contribution in [2.45, 2.75) is 32.5 Å². The fraction of sp³-hybridized carbons (Fsp3) is 0.333. The third-order valence-corrected chi connectivity index (χ3v) is 7.45. The van der Waals surface area contributed by atoms with Gasteiger partial charge in [-0.3, -0.25) is 13.9 Å². The number of hydrogen-bond acceptors (Lipinski definition) is 5. The predicted molar refractivity (Wildman–Crippen MR) is 114 cm³/mol. The van der Waals surface area contributed by atoms with Crippen LogP contribution in [0.1, 0.15) is 24.2 Å². The van der Waals surface area contributed by atoms with Crippen LogP contribution in [0.4, 0.5) is 8.78 Å². The minimum Gasteiger partial charge on any atom is -0.435 e. The van der Waals surface area contributed by atoms with Crippen LogP contribution in [0.15, 0.2) is 47.3 Å². The quantitative estimate of drug-likeness (QED) is 0.603. The van der Waals surface area contributed by atoms with E-state index in [-0.39, 0.29) is 22.8 Å². The molecule has 1 aliphatic heterocycles. The van der Waals surface area contributed by atoms with Crippen molar-refractivity contribution in [1.29, 1.82) is 0 Å². The van der Waals surface area contributed by atoms with E-state index in [1.165, 1.54) is 33.4 Å². The minimum atomic E-state index is -3.13. The van der Waals surface area contributed by atoms with Gasteiger partial charge < -0.3 is 10.1 Å². The number of fused-ring (bicyclic) bond motifs is 1. The van der Waals surface area contributed by atoms with E-state index in [2.05, 4.69) is 10.1 Å². The molecule has 2 heterocycles. The largest absolute Gasteiger partial charge is 0.435 e. The molecule has 0 radical (unpaired) electrons. The number of imidazole rings is 1. The number of carbonyl (C=O) groups is 1. The molecule has 1 amide bonds. The zero-order valence-corrected chi connectivity index (χ0v) is 18.2. The molecule has 0 saturated carbocycles. The maximum atomic E-state index is 13.1. The van der Waals surface area contributed by atoms with E-state index in [0.717, 1.165) is 0 Å². The summed E-state index contributed by atoms with van der Waals surface area (Å²) in [5, 5.41) is 2.75. The van der Waals surface area contributed by atoms with Crippen LogP contribution >= 0.6 is 0 Å². The van der Waals surface area contributed by atoms with Crippen molar-refractivity contribution in [3.05, 3.63) is 58.5 Å². The van der Waals surface area contributed by atoms with Gasteiger partial charge in [-0.1, -0.05) is 6.07 Å². The molecule has 1 saturated heterocycles. The molecule has 3 aromatic rings. The van der Waals surface area contributed by atoms with Gasteiger partial charge in [0.1, 0.15) is 5.75 Å². The highest BCUT2D eigenvalue weighted by molar-refractivity contribution is 7.93. The van der Waals surface area contributed by atoms with Crippen LogP contribution in [-0.4, -0.2) is 47.1 Å². The second kappa shape index (κ2) is 7.73. The van der Waals surface area contributed by atoms with E-state index in [1.807, 2.05) is 0 Å². The lowest BCUT2D eigenvalue weighted by Gasteiger charge is -2.38. The van der Waals surface area contributed by atoms with Gasteiger partial charge in [-0.05, 0) is 44.2 Å². The summed E-state index contributed by atoms with van der Waals surface area (Å²) in [6.07, 6.45) is 0. The summed E-state index contributed by atoms with van der Waals surface area (Å²) in [5.74, 6) is -0.775. The van der Waals surface area contributed by atoms with E-state index >= 15 is 0 Å². The Morgan fingerprint density at radius 3 is 2.53 bits per heavy atom. The molecule has 8 nitrogen and oxygen atoms in total. The first-order valence-electron chi connectivity index (χ1n) is 9.85. The molecule has 2 aromatic carbocycles. The highest BCUT2D eigenvalue weighted by Crippen LogP contribution is 2.25. The summed E-state index contributed by atoms with van der Waals surface area (Å²) < 4.78 is 55.4. The summed E-state index contributed by atoms with van der Waals surface area (Å²) >= 11 is 0. The number of halogens is 2. The summed E-state index contributed by atoms with van der Waals surface area (Å²) in [7, 11) is -3.13. The van der Waals surface area contributed by atoms with Crippen LogP contribution < -0.4 is 15.7 Å². The van der Waals surface area contributed by atoms with Gasteiger partial charge in [-0.25, -0.2) is 13.2 Å². The van der Waals surface area contributed by atoms with E-state index < -0.39 is 33.6 Å². The van der Waals surface area contributed by atoms with Gasteiger partial charge in [0, 0.05) is 18.2 Å². The molecular weight excluding hydrogens is 444 g/mol. The number of ether oxygens (including phenoxy) is 1. The second-order valence-electron chi connectivity index (χ2n) is 7.99. The van der Waals surface area contributed by atoms with Crippen molar-refractivity contribution in [2.24, 2.45) is 0 Å². The number of benzene rings is 2. The molecule has 32 heavy (non-hydrogen) atoms. The first-order valence-corrected chi connectivity index (χ1v) is 11.7. The number of nitrogens with one attached hydrogen (secondary N) is 1. The lowest BCUT2D eigenvalue weighted by atomic mass is 10.1. The maximum Gasteiger partial charge on any atom is 0.387 e. The number of alkyl halides is 2. The molecule has 0 aliphatic carbocycles. The number of nitrogens with zero attached hydrogens (tertiary/aromatic N) is 2. The Labute approximate surface area is 182 Å². The van der Waals surface area contributed by atoms with E-state index in [1.54, 1.807) is 32.0 Å². The van der Waals surface area contributed by atoms with Crippen molar-refractivity contribution < 1.29 is 26.7 Å². The van der Waals surface area contributed by atoms with Crippen molar-refractivity contribution >= 4 is 26.8 Å². The second-order valence-corrected chi connectivity index (χ2v) is 10.1. The Morgan fingerprint density at radius 2 is 1.91 bits per heavy atom. The first-order chi connectivity index (χ1) is 15.0. The molecule has 4 rings (SSSR count). The van der Waals surface area contributed by atoms with Gasteiger partial charge in [0.2, 0.25) is 0 Å². The third kappa shape index (κ3) is 3.99. The average molecular weight is 465 g/mol. The molecule has 170 valence electrons. The van der Waals surface area contributed by atoms with Crippen LogP contribution in [0.5, 0.6) is 5.75 Å². The third-order valence-electron chi connectivity index (χ3n) is 5.30. The Balaban J connectivity index is 1.74. The topological polar surface area (TPSA) is 99.4 Å². The van der Waals surface area contributed by atoms with Crippen molar-refractivity contribution in [1.82, 2.24) is 14.5 Å². The zero-order chi connectivity index (χ0) is 23.3. The van der Waals surface area contributed by atoms with E-state index in [9.17, 15) is 26.8 Å². The van der Waals surface area contributed by atoms with Crippen LogP contribution in [0.25, 0.3) is 16.7 Å². The molecule has 1 fully saturated rings. The smallest absolute Gasteiger partial charge is 0.387 e. The highest BCUT2D eigenvalue weighted by atomic mass is 32.2. The Bertz CT molecular complexity index is 1370. The molecule has 0 atom stereocenters. The molecule has 1 N–H and O–H groups in total. The number of carbonyl (C=O) groups excluding carboxylic acids is 1. The molecule has 0 spiro atoms. The van der Waals surface area contributed by atoms with Crippen LogP contribution in [0, 0.1) is 0 Å². The van der Waals surface area contributed by atoms with E-state index in [0.29, 0.717) is 23.3 Å². The van der Waals surface area contributed by atoms with Crippen molar-refractivity contribution in [3.63, 3.8) is 0 Å². The number of aromatic nitrogens is 2. The zero-order valence-electron chi connectivity index (χ0n) is 17.3. The molecule has 0 bridgehead atoms. The van der Waals surface area contributed by atoms with Crippen LogP contribution in [-0.2, 0) is 16.4 Å². The summed E-state index contributed by atoms with van der Waals surface area (Å²) in [6.45, 7) is 0.759. The summed E-state index contributed by atoms with van der Waals surface area (Å²) in [6, 6.07) is 10.5. The van der Waals surface area contributed by atoms with E-state index in [4.69, 9.17) is 0 Å². The van der Waals surface area contributed by atoms with Gasteiger partial charge in [0.25, 0.3) is 5.91 Å². The number of rotatable bonds is 6. The lowest BCUT2D eigenvalue weighted by Crippen LogP contribution is -2.63. The van der Waals surface area contributed by atoms with Gasteiger partial charge in [0.15, 0.2) is 9.84 Å². The van der Waals surface area contributed by atoms with Crippen LogP contribution in [0.3, 0.4) is 0 Å². The van der Waals surface area contributed by atoms with Crippen molar-refractivity contribution in [2.75, 3.05) is 11.5 Å². The van der Waals surface area contributed by atoms with Crippen LogP contribution in [0.2, 0.25) is 0 Å². The fourth-order valence-electron chi connectivity index (χ4n) is 4.10. The Morgan fingerprint density at radius 1 is 1.19 bits per heavy atom. The molecule has 0 unspecified atom stereocenters. The molecular formula is C21H21F2N3O5S. The normalized spacial score (nSPS) is 16.7. The highest BCUT2D eigenvalue weighted by Gasteiger charge is 2.45. The number of amides is 1. The number of sulfone groups is 1. The Kier molecular flexibility index (Phi) is 5.32. The molecule has 1 aromatic heterocycles. The SMILES string of the molecule is CCn1c(=O)n(-c2cccc(OC(F)F)c2)c2ccc(C(=O)NC3(C)CS(=O)(=O)C3)cc21. The Hall–Kier alpha value is -3.21. The standard InChI is InChI=1S/C21H21F2N3O5S/c1-3-25-17-9-13(18(27)24-21(2)11-32(29,30)12-21)7-8-16(17)26(20(25)28)14-5-4-6-15(10-14)31-19(22)23/h4-10,19H,3,11-12H2,1-2H3,(H,24,27). The molecule has 1 aliphatic rings. The van der Waals surface area contributed by atoms with Gasteiger partial charge in [-0.2, -0.15) is 8.78 Å². The summed E-state index contributed by atoms with van der Waals surface area (Å²) in [4.78, 5) is 25.8. The summed E-state index contributed by atoms with van der Waals surface area (Å²) in [5.41, 5.74) is 0.363. The lowest BCUT2D eigenvalue weighted by molar-refractivity contribution is -0.0498. The first kappa shape index (κ1) is 22.0. The van der Waals surface area contributed by atoms with Gasteiger partial charge in [-0.15, -0.1) is 0 Å².